The van der Waals surface area contributed by atoms with Crippen molar-refractivity contribution in [3.8, 4) is 11.5 Å². The number of rotatable bonds is 3. The lowest BCUT2D eigenvalue weighted by atomic mass is 10.2. The first-order chi connectivity index (χ1) is 8.56. The van der Waals surface area contributed by atoms with E-state index in [1.165, 1.54) is 12.1 Å². The molecule has 1 aromatic carbocycles. The summed E-state index contributed by atoms with van der Waals surface area (Å²) in [6.45, 7) is 1.76. The van der Waals surface area contributed by atoms with Crippen LogP contribution in [0.4, 0.5) is 5.69 Å². The average Bonchev–Trinajstić information content (AvgIpc) is 2.31. The van der Waals surface area contributed by atoms with Crippen LogP contribution in [0.2, 0.25) is 0 Å². The minimum absolute atomic E-state index is 0.0483. The van der Waals surface area contributed by atoms with Gasteiger partial charge in [-0.2, -0.15) is 0 Å². The Hall–Kier alpha value is -1.95. The van der Waals surface area contributed by atoms with Gasteiger partial charge in [-0.1, -0.05) is 0 Å². The van der Waals surface area contributed by atoms with E-state index < -0.39 is 4.92 Å². The molecule has 6 heteroatoms. The van der Waals surface area contributed by atoms with Crippen molar-refractivity contribution in [2.45, 2.75) is 6.92 Å². The standard InChI is InChI=1S/C12H9BrN2O3/c1-8-4-10(15(16)17)2-3-12(8)18-11-5-9(13)6-14-7-11/h2-7H,1H3. The fraction of sp³-hybridized carbons (Fsp3) is 0.0833. The monoisotopic (exact) mass is 308 g/mol. The van der Waals surface area contributed by atoms with Crippen LogP contribution in [0.3, 0.4) is 0 Å². The van der Waals surface area contributed by atoms with Crippen molar-refractivity contribution in [3.63, 3.8) is 0 Å². The number of pyridine rings is 1. The van der Waals surface area contributed by atoms with E-state index in [0.717, 1.165) is 4.47 Å². The summed E-state index contributed by atoms with van der Waals surface area (Å²) in [5.74, 6) is 1.14. The third-order valence-electron chi connectivity index (χ3n) is 2.28. The van der Waals surface area contributed by atoms with Crippen LogP contribution in [0.15, 0.2) is 41.1 Å². The Morgan fingerprint density at radius 2 is 2.11 bits per heavy atom. The highest BCUT2D eigenvalue weighted by atomic mass is 79.9. The van der Waals surface area contributed by atoms with Crippen LogP contribution in [-0.2, 0) is 0 Å². The Bertz CT molecular complexity index is 602. The quantitative estimate of drug-likeness (QED) is 0.638. The number of aromatic nitrogens is 1. The fourth-order valence-electron chi connectivity index (χ4n) is 1.44. The summed E-state index contributed by atoms with van der Waals surface area (Å²) >= 11 is 3.29. The Morgan fingerprint density at radius 1 is 1.33 bits per heavy atom. The lowest BCUT2D eigenvalue weighted by molar-refractivity contribution is -0.384. The van der Waals surface area contributed by atoms with E-state index in [-0.39, 0.29) is 5.69 Å². The number of hydrogen-bond acceptors (Lipinski definition) is 4. The number of nitro benzene ring substituents is 1. The van der Waals surface area contributed by atoms with Gasteiger partial charge in [-0.05, 0) is 40.5 Å². The molecule has 0 bridgehead atoms. The molecular formula is C12H9BrN2O3. The lowest BCUT2D eigenvalue weighted by Crippen LogP contribution is -1.92. The topological polar surface area (TPSA) is 65.3 Å². The second kappa shape index (κ2) is 5.14. The van der Waals surface area contributed by atoms with E-state index >= 15 is 0 Å². The fourth-order valence-corrected chi connectivity index (χ4v) is 1.78. The van der Waals surface area contributed by atoms with Crippen molar-refractivity contribution >= 4 is 21.6 Å². The molecule has 2 aromatic rings. The van der Waals surface area contributed by atoms with Crippen LogP contribution in [0, 0.1) is 17.0 Å². The van der Waals surface area contributed by atoms with Gasteiger partial charge in [-0.3, -0.25) is 15.1 Å². The molecular weight excluding hydrogens is 300 g/mol. The number of nitro groups is 1. The number of aryl methyl sites for hydroxylation is 1. The summed E-state index contributed by atoms with van der Waals surface area (Å²) in [6.07, 6.45) is 3.22. The largest absolute Gasteiger partial charge is 0.455 e. The number of nitrogens with zero attached hydrogens (tertiary/aromatic N) is 2. The normalized spacial score (nSPS) is 10.1. The molecule has 0 radical (unpaired) electrons. The Labute approximate surface area is 112 Å². The maximum absolute atomic E-state index is 10.6. The Balaban J connectivity index is 2.27. The Kier molecular flexibility index (Phi) is 3.57. The van der Waals surface area contributed by atoms with E-state index in [4.69, 9.17) is 4.74 Å². The molecule has 0 spiro atoms. The van der Waals surface area contributed by atoms with Gasteiger partial charge in [0.1, 0.15) is 11.5 Å². The maximum atomic E-state index is 10.6. The van der Waals surface area contributed by atoms with Crippen LogP contribution in [-0.4, -0.2) is 9.91 Å². The summed E-state index contributed by atoms with van der Waals surface area (Å²) in [5, 5.41) is 10.6. The number of non-ortho nitro benzene ring substituents is 1. The van der Waals surface area contributed by atoms with E-state index in [1.807, 2.05) is 0 Å². The van der Waals surface area contributed by atoms with E-state index in [0.29, 0.717) is 17.1 Å². The van der Waals surface area contributed by atoms with Crippen LogP contribution < -0.4 is 4.74 Å². The van der Waals surface area contributed by atoms with Crippen molar-refractivity contribution < 1.29 is 9.66 Å². The first-order valence-corrected chi connectivity index (χ1v) is 5.89. The van der Waals surface area contributed by atoms with Gasteiger partial charge in [0.25, 0.3) is 5.69 Å². The highest BCUT2D eigenvalue weighted by molar-refractivity contribution is 9.10. The summed E-state index contributed by atoms with van der Waals surface area (Å²) < 4.78 is 6.41. The zero-order valence-corrected chi connectivity index (χ0v) is 11.0. The molecule has 1 heterocycles. The molecule has 18 heavy (non-hydrogen) atoms. The average molecular weight is 309 g/mol. The molecule has 5 nitrogen and oxygen atoms in total. The second-order valence-corrected chi connectivity index (χ2v) is 4.56. The van der Waals surface area contributed by atoms with Crippen LogP contribution in [0.25, 0.3) is 0 Å². The molecule has 0 aliphatic rings. The van der Waals surface area contributed by atoms with Crippen molar-refractivity contribution in [1.82, 2.24) is 4.98 Å². The predicted octanol–water partition coefficient (Wildman–Crippen LogP) is 3.85. The van der Waals surface area contributed by atoms with Gasteiger partial charge in [0, 0.05) is 22.8 Å². The minimum atomic E-state index is -0.433. The summed E-state index contributed by atoms with van der Waals surface area (Å²) in [4.78, 5) is 14.2. The molecule has 0 fully saturated rings. The Morgan fingerprint density at radius 3 is 2.72 bits per heavy atom. The van der Waals surface area contributed by atoms with Gasteiger partial charge in [-0.25, -0.2) is 0 Å². The van der Waals surface area contributed by atoms with Crippen molar-refractivity contribution in [2.24, 2.45) is 0 Å². The molecule has 0 aliphatic heterocycles. The number of hydrogen-bond donors (Lipinski definition) is 0. The molecule has 1 aromatic heterocycles. The van der Waals surface area contributed by atoms with Gasteiger partial charge in [0.05, 0.1) is 11.1 Å². The zero-order chi connectivity index (χ0) is 13.1. The first kappa shape index (κ1) is 12.5. The number of halogens is 1. The third kappa shape index (κ3) is 2.84. The molecule has 0 N–H and O–H groups in total. The zero-order valence-electron chi connectivity index (χ0n) is 9.46. The van der Waals surface area contributed by atoms with Crippen molar-refractivity contribution in [1.29, 1.82) is 0 Å². The van der Waals surface area contributed by atoms with Crippen LogP contribution in [0.1, 0.15) is 5.56 Å². The first-order valence-electron chi connectivity index (χ1n) is 5.10. The molecule has 0 saturated heterocycles. The number of benzene rings is 1. The van der Waals surface area contributed by atoms with Crippen LogP contribution >= 0.6 is 15.9 Å². The van der Waals surface area contributed by atoms with Crippen molar-refractivity contribution in [3.05, 3.63) is 56.8 Å². The molecule has 2 rings (SSSR count). The molecule has 0 amide bonds. The maximum Gasteiger partial charge on any atom is 0.269 e. The SMILES string of the molecule is Cc1cc([N+](=O)[O-])ccc1Oc1cncc(Br)c1. The molecule has 0 atom stereocenters. The summed E-state index contributed by atoms with van der Waals surface area (Å²) in [5.41, 5.74) is 0.747. The van der Waals surface area contributed by atoms with Crippen molar-refractivity contribution in [2.75, 3.05) is 0 Å². The summed E-state index contributed by atoms with van der Waals surface area (Å²) in [7, 11) is 0. The van der Waals surface area contributed by atoms with Gasteiger partial charge in [0.2, 0.25) is 0 Å². The highest BCUT2D eigenvalue weighted by Gasteiger charge is 2.09. The molecule has 0 unspecified atom stereocenters. The molecule has 0 aliphatic carbocycles. The van der Waals surface area contributed by atoms with Gasteiger partial charge in [0.15, 0.2) is 0 Å². The minimum Gasteiger partial charge on any atom is -0.455 e. The number of ether oxygens (including phenoxy) is 1. The van der Waals surface area contributed by atoms with E-state index in [2.05, 4.69) is 20.9 Å². The predicted molar refractivity (Wildman–Crippen MR) is 69.8 cm³/mol. The molecule has 92 valence electrons. The summed E-state index contributed by atoms with van der Waals surface area (Å²) in [6, 6.07) is 6.23. The third-order valence-corrected chi connectivity index (χ3v) is 2.71. The van der Waals surface area contributed by atoms with Crippen LogP contribution in [0.5, 0.6) is 11.5 Å². The lowest BCUT2D eigenvalue weighted by Gasteiger charge is -2.08. The van der Waals surface area contributed by atoms with E-state index in [1.54, 1.807) is 31.5 Å². The second-order valence-electron chi connectivity index (χ2n) is 3.65. The van der Waals surface area contributed by atoms with Gasteiger partial charge in [-0.15, -0.1) is 0 Å². The van der Waals surface area contributed by atoms with Gasteiger partial charge < -0.3 is 4.74 Å². The van der Waals surface area contributed by atoms with Gasteiger partial charge >= 0.3 is 0 Å². The highest BCUT2D eigenvalue weighted by Crippen LogP contribution is 2.28. The molecule has 0 saturated carbocycles. The smallest absolute Gasteiger partial charge is 0.269 e. The van der Waals surface area contributed by atoms with E-state index in [9.17, 15) is 10.1 Å².